The Balaban J connectivity index is 1.63. The molecule has 0 bridgehead atoms. The molecule has 0 radical (unpaired) electrons. The minimum atomic E-state index is -4.20. The summed E-state index contributed by atoms with van der Waals surface area (Å²) in [5.41, 5.74) is 2.07. The molecule has 0 saturated heterocycles. The van der Waals surface area contributed by atoms with Crippen LogP contribution in [-0.4, -0.2) is 38.5 Å². The Morgan fingerprint density at radius 2 is 1.80 bits per heavy atom. The molecule has 0 aromatic carbocycles. The van der Waals surface area contributed by atoms with E-state index in [-0.39, 0.29) is 24.6 Å². The lowest BCUT2D eigenvalue weighted by atomic mass is 9.79. The van der Waals surface area contributed by atoms with Gasteiger partial charge < -0.3 is 15.0 Å². The summed E-state index contributed by atoms with van der Waals surface area (Å²) in [6, 6.07) is 0.255. The molecule has 2 aliphatic carbocycles. The van der Waals surface area contributed by atoms with Crippen molar-refractivity contribution in [3.63, 3.8) is 0 Å². The van der Waals surface area contributed by atoms with Crippen molar-refractivity contribution in [2.24, 2.45) is 5.92 Å². The van der Waals surface area contributed by atoms with Gasteiger partial charge in [0, 0.05) is 30.4 Å². The molecule has 4 rings (SSSR count). The molecule has 0 spiro atoms. The Labute approximate surface area is 175 Å². The van der Waals surface area contributed by atoms with E-state index in [0.29, 0.717) is 5.92 Å². The second kappa shape index (κ2) is 8.73. The Hall–Kier alpha value is -1.83. The maximum Gasteiger partial charge on any atom is 0.390 e. The van der Waals surface area contributed by atoms with Crippen molar-refractivity contribution in [3.8, 4) is 0 Å². The maximum atomic E-state index is 12.5. The fraction of sp³-hybridized carbons (Fsp3) is 0.727. The first kappa shape index (κ1) is 21.4. The summed E-state index contributed by atoms with van der Waals surface area (Å²) < 4.78 is 39.6. The van der Waals surface area contributed by atoms with Gasteiger partial charge in [-0.1, -0.05) is 19.8 Å². The van der Waals surface area contributed by atoms with Crippen LogP contribution >= 0.6 is 0 Å². The van der Waals surface area contributed by atoms with E-state index in [9.17, 15) is 18.3 Å². The molecule has 2 fully saturated rings. The first-order valence-electron chi connectivity index (χ1n) is 11.2. The lowest BCUT2D eigenvalue weighted by molar-refractivity contribution is -0.131. The van der Waals surface area contributed by atoms with Crippen LogP contribution in [0.5, 0.6) is 0 Å². The van der Waals surface area contributed by atoms with E-state index in [2.05, 4.69) is 33.0 Å². The van der Waals surface area contributed by atoms with Crippen molar-refractivity contribution in [2.45, 2.75) is 89.0 Å². The predicted octanol–water partition coefficient (Wildman–Crippen LogP) is 5.57. The second-order valence-electron chi connectivity index (χ2n) is 9.13. The van der Waals surface area contributed by atoms with E-state index in [1.165, 1.54) is 18.4 Å². The van der Waals surface area contributed by atoms with Gasteiger partial charge in [0.25, 0.3) is 0 Å². The quantitative estimate of drug-likeness (QED) is 0.659. The molecule has 2 aromatic heterocycles. The van der Waals surface area contributed by atoms with Gasteiger partial charge in [0.05, 0.1) is 12.5 Å². The summed E-state index contributed by atoms with van der Waals surface area (Å²) in [5.74, 6) is 1.48. The van der Waals surface area contributed by atoms with Gasteiger partial charge >= 0.3 is 6.18 Å². The Kier molecular flexibility index (Phi) is 6.23. The number of halogens is 3. The summed E-state index contributed by atoms with van der Waals surface area (Å²) >= 11 is 0. The zero-order valence-electron chi connectivity index (χ0n) is 17.5. The Morgan fingerprint density at radius 1 is 1.10 bits per heavy atom. The van der Waals surface area contributed by atoms with Crippen LogP contribution in [0.3, 0.4) is 0 Å². The molecule has 0 amide bonds. The van der Waals surface area contributed by atoms with Crippen molar-refractivity contribution in [1.29, 1.82) is 0 Å². The number of fused-ring (bicyclic) bond motifs is 1. The summed E-state index contributed by atoms with van der Waals surface area (Å²) in [5, 5.41) is 13.6. The zero-order chi connectivity index (χ0) is 21.3. The SMILES string of the molecule is CC1CCC(c2cn(C3CCC(O)CC3)c3nc(NCCC(F)(F)F)ncc23)CC1. The van der Waals surface area contributed by atoms with Crippen molar-refractivity contribution < 1.29 is 18.3 Å². The second-order valence-corrected chi connectivity index (χ2v) is 9.13. The number of hydrogen-bond donors (Lipinski definition) is 2. The van der Waals surface area contributed by atoms with E-state index in [1.54, 1.807) is 6.20 Å². The molecule has 0 aliphatic heterocycles. The summed E-state index contributed by atoms with van der Waals surface area (Å²) in [6.07, 6.45) is 6.65. The number of nitrogens with one attached hydrogen (secondary N) is 1. The molecular weight excluding hydrogens is 393 g/mol. The third-order valence-electron chi connectivity index (χ3n) is 6.81. The zero-order valence-corrected chi connectivity index (χ0v) is 17.5. The van der Waals surface area contributed by atoms with Crippen LogP contribution in [0, 0.1) is 5.92 Å². The topological polar surface area (TPSA) is 63.0 Å². The molecule has 8 heteroatoms. The van der Waals surface area contributed by atoms with Gasteiger partial charge in [-0.3, -0.25) is 0 Å². The lowest BCUT2D eigenvalue weighted by Gasteiger charge is -2.27. The molecule has 0 unspecified atom stereocenters. The highest BCUT2D eigenvalue weighted by Crippen LogP contribution is 2.41. The van der Waals surface area contributed by atoms with E-state index >= 15 is 0 Å². The first-order valence-corrected chi connectivity index (χ1v) is 11.2. The smallest absolute Gasteiger partial charge is 0.390 e. The van der Waals surface area contributed by atoms with E-state index in [4.69, 9.17) is 0 Å². The number of anilines is 1. The fourth-order valence-corrected chi connectivity index (χ4v) is 4.97. The molecule has 5 nitrogen and oxygen atoms in total. The lowest BCUT2D eigenvalue weighted by Crippen LogP contribution is -2.21. The average molecular weight is 425 g/mol. The summed E-state index contributed by atoms with van der Waals surface area (Å²) in [4.78, 5) is 8.95. The van der Waals surface area contributed by atoms with Crippen LogP contribution in [0.25, 0.3) is 11.0 Å². The molecule has 0 atom stereocenters. The van der Waals surface area contributed by atoms with E-state index < -0.39 is 12.6 Å². The molecule has 2 aromatic rings. The predicted molar refractivity (Wildman–Crippen MR) is 111 cm³/mol. The van der Waals surface area contributed by atoms with Gasteiger partial charge in [-0.25, -0.2) is 4.98 Å². The van der Waals surface area contributed by atoms with Gasteiger partial charge in [0.1, 0.15) is 5.65 Å². The molecule has 2 saturated carbocycles. The van der Waals surface area contributed by atoms with Gasteiger partial charge in [-0.05, 0) is 55.9 Å². The number of rotatable bonds is 5. The van der Waals surface area contributed by atoms with Crippen molar-refractivity contribution in [2.75, 3.05) is 11.9 Å². The average Bonchev–Trinajstić information content (AvgIpc) is 3.07. The Bertz CT molecular complexity index is 850. The van der Waals surface area contributed by atoms with Crippen molar-refractivity contribution in [1.82, 2.24) is 14.5 Å². The number of alkyl halides is 3. The number of aromatic nitrogens is 3. The highest BCUT2D eigenvalue weighted by Gasteiger charge is 2.29. The van der Waals surface area contributed by atoms with Crippen LogP contribution in [-0.2, 0) is 0 Å². The van der Waals surface area contributed by atoms with Crippen LogP contribution in [0.4, 0.5) is 19.1 Å². The van der Waals surface area contributed by atoms with Crippen molar-refractivity contribution in [3.05, 3.63) is 18.0 Å². The normalized spacial score (nSPS) is 28.0. The third kappa shape index (κ3) is 4.90. The molecule has 166 valence electrons. The third-order valence-corrected chi connectivity index (χ3v) is 6.81. The molecule has 30 heavy (non-hydrogen) atoms. The molecular formula is C22H31F3N4O. The highest BCUT2D eigenvalue weighted by molar-refractivity contribution is 5.81. The fourth-order valence-electron chi connectivity index (χ4n) is 4.97. The maximum absolute atomic E-state index is 12.5. The van der Waals surface area contributed by atoms with Crippen LogP contribution < -0.4 is 5.32 Å². The summed E-state index contributed by atoms with van der Waals surface area (Å²) in [7, 11) is 0. The number of aliphatic hydroxyl groups excluding tert-OH is 1. The van der Waals surface area contributed by atoms with Gasteiger partial charge in [-0.15, -0.1) is 0 Å². The summed E-state index contributed by atoms with van der Waals surface area (Å²) in [6.45, 7) is 2.06. The highest BCUT2D eigenvalue weighted by atomic mass is 19.4. The molecule has 2 N–H and O–H groups in total. The number of aliphatic hydroxyl groups is 1. The van der Waals surface area contributed by atoms with Gasteiger partial charge in [-0.2, -0.15) is 18.2 Å². The minimum absolute atomic E-state index is 0.237. The number of nitrogens with zero attached hydrogens (tertiary/aromatic N) is 3. The van der Waals surface area contributed by atoms with Crippen molar-refractivity contribution >= 4 is 17.0 Å². The standard InChI is InChI=1S/C22H31F3N4O/c1-14-2-4-15(5-3-14)19-13-29(16-6-8-17(30)9-7-16)20-18(19)12-27-21(28-20)26-11-10-22(23,24)25/h12-17,30H,2-11H2,1H3,(H,26,27,28). The van der Waals surface area contributed by atoms with E-state index in [0.717, 1.165) is 55.5 Å². The van der Waals surface area contributed by atoms with Gasteiger partial charge in [0.2, 0.25) is 5.95 Å². The van der Waals surface area contributed by atoms with Crippen LogP contribution in [0.1, 0.15) is 82.2 Å². The molecule has 2 aliphatic rings. The van der Waals surface area contributed by atoms with Crippen LogP contribution in [0.15, 0.2) is 12.4 Å². The Morgan fingerprint density at radius 3 is 2.47 bits per heavy atom. The molecule has 2 heterocycles. The first-order chi connectivity index (χ1) is 14.3. The largest absolute Gasteiger partial charge is 0.393 e. The van der Waals surface area contributed by atoms with Crippen LogP contribution in [0.2, 0.25) is 0 Å². The minimum Gasteiger partial charge on any atom is -0.393 e. The monoisotopic (exact) mass is 424 g/mol. The van der Waals surface area contributed by atoms with E-state index in [1.807, 2.05) is 0 Å². The number of hydrogen-bond acceptors (Lipinski definition) is 4. The van der Waals surface area contributed by atoms with Gasteiger partial charge in [0.15, 0.2) is 0 Å².